The van der Waals surface area contributed by atoms with Gasteiger partial charge in [0.05, 0.1) is 34.4 Å². The number of hydrogen-bond acceptors (Lipinski definition) is 6. The molecule has 0 amide bonds. The third-order valence-corrected chi connectivity index (χ3v) is 8.64. The van der Waals surface area contributed by atoms with Gasteiger partial charge in [0.2, 0.25) is 0 Å². The third-order valence-electron chi connectivity index (χ3n) is 7.65. The summed E-state index contributed by atoms with van der Waals surface area (Å²) in [6, 6.07) is 0. The molecule has 0 spiro atoms. The molecule has 0 heterocycles. The lowest BCUT2D eigenvalue weighted by molar-refractivity contribution is -0.870. The van der Waals surface area contributed by atoms with E-state index in [-0.39, 0.29) is 25.8 Å². The molecular weight excluding hydrogens is 625 g/mol. The molecule has 280 valence electrons. The summed E-state index contributed by atoms with van der Waals surface area (Å²) in [5.41, 5.74) is 0. The zero-order valence-electron chi connectivity index (χ0n) is 31.5. The van der Waals surface area contributed by atoms with Crippen LogP contribution in [0.5, 0.6) is 0 Å². The summed E-state index contributed by atoms with van der Waals surface area (Å²) >= 11 is 0. The SMILES string of the molecule is CC/C=C\C/C=C\C/C=C\C/C=C\CCCCCCCCCCCCCOCC(COP(=O)(O)OCC[N+](C)(C)C)OC(=O)CCCC. The second-order valence-corrected chi connectivity index (χ2v) is 15.0. The van der Waals surface area contributed by atoms with Crippen molar-refractivity contribution in [3.63, 3.8) is 0 Å². The van der Waals surface area contributed by atoms with Crippen molar-refractivity contribution in [2.75, 3.05) is 54.1 Å². The molecule has 8 nitrogen and oxygen atoms in total. The zero-order valence-corrected chi connectivity index (χ0v) is 32.4. The summed E-state index contributed by atoms with van der Waals surface area (Å²) in [7, 11) is 1.65. The second-order valence-electron chi connectivity index (χ2n) is 13.6. The van der Waals surface area contributed by atoms with Gasteiger partial charge in [0.15, 0.2) is 0 Å². The van der Waals surface area contributed by atoms with Crippen molar-refractivity contribution in [1.82, 2.24) is 0 Å². The molecule has 2 unspecified atom stereocenters. The van der Waals surface area contributed by atoms with Crippen LogP contribution in [0.1, 0.15) is 136 Å². The molecule has 0 aliphatic heterocycles. The van der Waals surface area contributed by atoms with Crippen LogP contribution in [0, 0.1) is 0 Å². The Kier molecular flexibility index (Phi) is 31.6. The average Bonchev–Trinajstić information content (AvgIpc) is 3.03. The second kappa shape index (κ2) is 32.7. The molecule has 0 aromatic heterocycles. The maximum atomic E-state index is 12.3. The fourth-order valence-electron chi connectivity index (χ4n) is 4.70. The first-order valence-electron chi connectivity index (χ1n) is 18.9. The Hall–Kier alpha value is -1.54. The summed E-state index contributed by atoms with van der Waals surface area (Å²) < 4.78 is 34.3. The highest BCUT2D eigenvalue weighted by Gasteiger charge is 2.26. The zero-order chi connectivity index (χ0) is 35.6. The molecule has 0 aliphatic rings. The Bertz CT molecular complexity index is 911. The van der Waals surface area contributed by atoms with Gasteiger partial charge in [0.25, 0.3) is 0 Å². The minimum Gasteiger partial charge on any atom is -0.457 e. The molecule has 0 saturated heterocycles. The van der Waals surface area contributed by atoms with Gasteiger partial charge in [-0.05, 0) is 51.4 Å². The van der Waals surface area contributed by atoms with Crippen LogP contribution in [-0.4, -0.2) is 75.6 Å². The van der Waals surface area contributed by atoms with E-state index in [4.69, 9.17) is 18.5 Å². The first-order chi connectivity index (χ1) is 23.1. The number of ether oxygens (including phenoxy) is 2. The molecule has 0 aromatic rings. The summed E-state index contributed by atoms with van der Waals surface area (Å²) in [4.78, 5) is 22.2. The highest BCUT2D eigenvalue weighted by molar-refractivity contribution is 7.47. The van der Waals surface area contributed by atoms with Crippen LogP contribution in [0.2, 0.25) is 0 Å². The van der Waals surface area contributed by atoms with Gasteiger partial charge in [0.1, 0.15) is 19.3 Å². The van der Waals surface area contributed by atoms with E-state index in [0.29, 0.717) is 24.1 Å². The Morgan fingerprint density at radius 1 is 0.667 bits per heavy atom. The van der Waals surface area contributed by atoms with Crippen molar-refractivity contribution < 1.29 is 37.3 Å². The van der Waals surface area contributed by atoms with Crippen LogP contribution in [0.3, 0.4) is 0 Å². The highest BCUT2D eigenvalue weighted by atomic mass is 31.2. The van der Waals surface area contributed by atoms with Crippen LogP contribution in [0.25, 0.3) is 0 Å². The number of carbonyl (C=O) groups excluding carboxylic acids is 1. The first kappa shape index (κ1) is 46.5. The van der Waals surface area contributed by atoms with Crippen molar-refractivity contribution in [1.29, 1.82) is 0 Å². The van der Waals surface area contributed by atoms with Crippen LogP contribution < -0.4 is 0 Å². The van der Waals surface area contributed by atoms with E-state index < -0.39 is 13.9 Å². The number of phosphoric ester groups is 1. The standard InChI is InChI=1S/C39H72NO7P/c1-6-8-10-11-12-13-14-15-16-17-18-19-20-21-22-23-24-25-26-27-28-29-30-31-34-44-36-38(47-39(41)32-9-7-2)37-46-48(42,43)45-35-33-40(3,4)5/h8,10,12-13,15-16,18-19,38H,6-7,9,11,14,17,20-37H2,1-5H3/p+1/b10-8-,13-12-,16-15-,19-18-. The Balaban J connectivity index is 3.84. The quantitative estimate of drug-likeness (QED) is 0.0235. The van der Waals surface area contributed by atoms with Crippen molar-refractivity contribution in [2.24, 2.45) is 0 Å². The smallest absolute Gasteiger partial charge is 0.457 e. The lowest BCUT2D eigenvalue weighted by atomic mass is 10.1. The minimum atomic E-state index is -4.25. The molecule has 0 radical (unpaired) electrons. The molecule has 2 atom stereocenters. The largest absolute Gasteiger partial charge is 0.472 e. The van der Waals surface area contributed by atoms with E-state index in [1.54, 1.807) is 0 Å². The molecule has 0 bridgehead atoms. The van der Waals surface area contributed by atoms with E-state index in [2.05, 4.69) is 55.5 Å². The Morgan fingerprint density at radius 3 is 1.73 bits per heavy atom. The highest BCUT2D eigenvalue weighted by Crippen LogP contribution is 2.43. The van der Waals surface area contributed by atoms with Gasteiger partial charge in [-0.1, -0.05) is 127 Å². The number of rotatable bonds is 34. The maximum absolute atomic E-state index is 12.3. The number of likely N-dealkylation sites (N-methyl/N-ethyl adjacent to an activating group) is 1. The van der Waals surface area contributed by atoms with Crippen molar-refractivity contribution >= 4 is 13.8 Å². The van der Waals surface area contributed by atoms with Gasteiger partial charge < -0.3 is 18.9 Å². The van der Waals surface area contributed by atoms with Crippen LogP contribution in [0.15, 0.2) is 48.6 Å². The van der Waals surface area contributed by atoms with Gasteiger partial charge >= 0.3 is 13.8 Å². The lowest BCUT2D eigenvalue weighted by Gasteiger charge is -2.24. The molecule has 48 heavy (non-hydrogen) atoms. The van der Waals surface area contributed by atoms with E-state index >= 15 is 0 Å². The fraction of sp³-hybridized carbons (Fsp3) is 0.769. The van der Waals surface area contributed by atoms with E-state index in [1.807, 2.05) is 28.1 Å². The molecule has 0 fully saturated rings. The molecule has 1 N–H and O–H groups in total. The number of quaternary nitrogens is 1. The number of allylic oxidation sites excluding steroid dienone is 8. The van der Waals surface area contributed by atoms with Crippen LogP contribution in [0.4, 0.5) is 0 Å². The minimum absolute atomic E-state index is 0.0858. The van der Waals surface area contributed by atoms with Crippen molar-refractivity contribution in [3.8, 4) is 0 Å². The Morgan fingerprint density at radius 2 is 1.19 bits per heavy atom. The predicted molar refractivity (Wildman–Crippen MR) is 201 cm³/mol. The predicted octanol–water partition coefficient (Wildman–Crippen LogP) is 10.4. The number of esters is 1. The van der Waals surface area contributed by atoms with Gasteiger partial charge in [-0.15, -0.1) is 0 Å². The van der Waals surface area contributed by atoms with E-state index in [0.717, 1.165) is 51.4 Å². The fourth-order valence-corrected chi connectivity index (χ4v) is 5.44. The van der Waals surface area contributed by atoms with Crippen molar-refractivity contribution in [2.45, 2.75) is 142 Å². The van der Waals surface area contributed by atoms with E-state index in [1.165, 1.54) is 64.2 Å². The molecule has 0 rings (SSSR count). The van der Waals surface area contributed by atoms with Gasteiger partial charge in [0, 0.05) is 13.0 Å². The molecule has 0 aromatic carbocycles. The summed E-state index contributed by atoms with van der Waals surface area (Å²) in [6.07, 6.45) is 38.3. The number of unbranched alkanes of at least 4 members (excludes halogenated alkanes) is 12. The average molecular weight is 699 g/mol. The topological polar surface area (TPSA) is 91.3 Å². The van der Waals surface area contributed by atoms with E-state index in [9.17, 15) is 14.3 Å². The number of carbonyl (C=O) groups is 1. The monoisotopic (exact) mass is 699 g/mol. The van der Waals surface area contributed by atoms with Gasteiger partial charge in [-0.25, -0.2) is 4.57 Å². The lowest BCUT2D eigenvalue weighted by Crippen LogP contribution is -2.37. The Labute approximate surface area is 295 Å². The van der Waals surface area contributed by atoms with Crippen LogP contribution >= 0.6 is 7.82 Å². The molecule has 9 heteroatoms. The number of phosphoric acid groups is 1. The summed E-state index contributed by atoms with van der Waals surface area (Å²) in [5.74, 6) is -0.352. The number of nitrogens with zero attached hydrogens (tertiary/aromatic N) is 1. The van der Waals surface area contributed by atoms with Gasteiger partial charge in [-0.3, -0.25) is 13.8 Å². The summed E-state index contributed by atoms with van der Waals surface area (Å²) in [6.45, 7) is 5.24. The van der Waals surface area contributed by atoms with Gasteiger partial charge in [-0.2, -0.15) is 0 Å². The molecule has 0 aliphatic carbocycles. The number of hydrogen-bond donors (Lipinski definition) is 1. The molecule has 0 saturated carbocycles. The van der Waals surface area contributed by atoms with Crippen molar-refractivity contribution in [3.05, 3.63) is 48.6 Å². The normalized spacial score (nSPS) is 14.5. The molecular formula is C39H73NO7P+. The van der Waals surface area contributed by atoms with Crippen LogP contribution in [-0.2, 0) is 27.9 Å². The third kappa shape index (κ3) is 35.8. The summed E-state index contributed by atoms with van der Waals surface area (Å²) in [5, 5.41) is 0. The maximum Gasteiger partial charge on any atom is 0.472 e. The first-order valence-corrected chi connectivity index (χ1v) is 20.4.